The van der Waals surface area contributed by atoms with E-state index in [2.05, 4.69) is 10.1 Å². The van der Waals surface area contributed by atoms with E-state index in [1.165, 1.54) is 6.42 Å². The highest BCUT2D eigenvalue weighted by Crippen LogP contribution is 2.17. The van der Waals surface area contributed by atoms with Crippen LogP contribution in [-0.2, 0) is 17.9 Å². The van der Waals surface area contributed by atoms with Crippen molar-refractivity contribution in [1.82, 2.24) is 10.1 Å². The number of methoxy groups -OCH3 is 1. The second-order valence-corrected chi connectivity index (χ2v) is 4.34. The second kappa shape index (κ2) is 5.43. The van der Waals surface area contributed by atoms with Crippen LogP contribution in [0.3, 0.4) is 0 Å². The predicted molar refractivity (Wildman–Crippen MR) is 59.7 cm³/mol. The summed E-state index contributed by atoms with van der Waals surface area (Å²) in [7, 11) is 1.65. The van der Waals surface area contributed by atoms with E-state index in [4.69, 9.17) is 15.0 Å². The molecule has 0 radical (unpaired) electrons. The first-order chi connectivity index (χ1) is 7.81. The SMILES string of the molecule is COCc1cc(CN2CCC(CN)C2)no1. The van der Waals surface area contributed by atoms with E-state index >= 15 is 0 Å². The Balaban J connectivity index is 1.84. The van der Waals surface area contributed by atoms with Gasteiger partial charge in [0.05, 0.1) is 5.69 Å². The minimum Gasteiger partial charge on any atom is -0.377 e. The molecule has 0 spiro atoms. The van der Waals surface area contributed by atoms with Gasteiger partial charge < -0.3 is 15.0 Å². The molecular formula is C11H19N3O2. The third-order valence-electron chi connectivity index (χ3n) is 2.98. The molecule has 0 aromatic carbocycles. The molecular weight excluding hydrogens is 206 g/mol. The highest BCUT2D eigenvalue weighted by Gasteiger charge is 2.21. The maximum Gasteiger partial charge on any atom is 0.162 e. The fourth-order valence-corrected chi connectivity index (χ4v) is 2.12. The summed E-state index contributed by atoms with van der Waals surface area (Å²) in [6, 6.07) is 1.96. The molecule has 5 nitrogen and oxygen atoms in total. The fraction of sp³-hybridized carbons (Fsp3) is 0.727. The first-order valence-corrected chi connectivity index (χ1v) is 5.67. The van der Waals surface area contributed by atoms with E-state index in [0.29, 0.717) is 12.5 Å². The lowest BCUT2D eigenvalue weighted by molar-refractivity contribution is 0.155. The number of hydrogen-bond donors (Lipinski definition) is 1. The summed E-state index contributed by atoms with van der Waals surface area (Å²) in [4.78, 5) is 2.37. The predicted octanol–water partition coefficient (Wildman–Crippen LogP) is 0.602. The molecule has 1 saturated heterocycles. The summed E-state index contributed by atoms with van der Waals surface area (Å²) in [5.41, 5.74) is 6.63. The van der Waals surface area contributed by atoms with Gasteiger partial charge in [-0.15, -0.1) is 0 Å². The maximum atomic E-state index is 5.66. The highest BCUT2D eigenvalue weighted by atomic mass is 16.5. The Morgan fingerprint density at radius 2 is 2.56 bits per heavy atom. The molecule has 1 aliphatic heterocycles. The van der Waals surface area contributed by atoms with E-state index in [1.54, 1.807) is 7.11 Å². The van der Waals surface area contributed by atoms with Crippen molar-refractivity contribution >= 4 is 0 Å². The second-order valence-electron chi connectivity index (χ2n) is 4.34. The molecule has 0 saturated carbocycles. The van der Waals surface area contributed by atoms with Crippen LogP contribution in [-0.4, -0.2) is 36.8 Å². The third-order valence-corrected chi connectivity index (χ3v) is 2.98. The quantitative estimate of drug-likeness (QED) is 0.795. The van der Waals surface area contributed by atoms with Crippen molar-refractivity contribution in [1.29, 1.82) is 0 Å². The normalized spacial score (nSPS) is 21.8. The zero-order chi connectivity index (χ0) is 11.4. The molecule has 2 N–H and O–H groups in total. The van der Waals surface area contributed by atoms with Gasteiger partial charge in [-0.2, -0.15) is 0 Å². The molecule has 2 heterocycles. The molecule has 1 aromatic heterocycles. The van der Waals surface area contributed by atoms with Gasteiger partial charge in [-0.1, -0.05) is 5.16 Å². The molecule has 0 bridgehead atoms. The van der Waals surface area contributed by atoms with Gasteiger partial charge in [0.15, 0.2) is 5.76 Å². The van der Waals surface area contributed by atoms with Gasteiger partial charge in [0.1, 0.15) is 6.61 Å². The smallest absolute Gasteiger partial charge is 0.162 e. The zero-order valence-corrected chi connectivity index (χ0v) is 9.69. The van der Waals surface area contributed by atoms with E-state index in [9.17, 15) is 0 Å². The molecule has 90 valence electrons. The summed E-state index contributed by atoms with van der Waals surface area (Å²) >= 11 is 0. The first-order valence-electron chi connectivity index (χ1n) is 5.67. The zero-order valence-electron chi connectivity index (χ0n) is 9.69. The van der Waals surface area contributed by atoms with Crippen LogP contribution in [0, 0.1) is 5.92 Å². The van der Waals surface area contributed by atoms with Crippen LogP contribution in [0.25, 0.3) is 0 Å². The molecule has 0 amide bonds. The fourth-order valence-electron chi connectivity index (χ4n) is 2.12. The van der Waals surface area contributed by atoms with Gasteiger partial charge in [0, 0.05) is 26.3 Å². The Kier molecular flexibility index (Phi) is 3.93. The summed E-state index contributed by atoms with van der Waals surface area (Å²) in [5.74, 6) is 1.43. The number of hydrogen-bond acceptors (Lipinski definition) is 5. The summed E-state index contributed by atoms with van der Waals surface area (Å²) in [5, 5.41) is 4.02. The third kappa shape index (κ3) is 2.81. The van der Waals surface area contributed by atoms with Gasteiger partial charge in [-0.05, 0) is 25.4 Å². The summed E-state index contributed by atoms with van der Waals surface area (Å²) < 4.78 is 10.1. The van der Waals surface area contributed by atoms with Crippen LogP contribution < -0.4 is 5.73 Å². The lowest BCUT2D eigenvalue weighted by Gasteiger charge is -2.12. The van der Waals surface area contributed by atoms with Crippen molar-refractivity contribution in [2.75, 3.05) is 26.7 Å². The molecule has 1 unspecified atom stereocenters. The van der Waals surface area contributed by atoms with Crippen molar-refractivity contribution in [2.24, 2.45) is 11.7 Å². The van der Waals surface area contributed by atoms with Crippen LogP contribution in [0.5, 0.6) is 0 Å². The Labute approximate surface area is 95.5 Å². The molecule has 0 aliphatic carbocycles. The van der Waals surface area contributed by atoms with Gasteiger partial charge in [-0.3, -0.25) is 4.90 Å². The maximum absolute atomic E-state index is 5.66. The van der Waals surface area contributed by atoms with Crippen LogP contribution in [0.4, 0.5) is 0 Å². The van der Waals surface area contributed by atoms with Crippen molar-refractivity contribution in [3.8, 4) is 0 Å². The molecule has 1 fully saturated rings. The molecule has 16 heavy (non-hydrogen) atoms. The Bertz CT molecular complexity index is 327. The summed E-state index contributed by atoms with van der Waals surface area (Å²) in [6.07, 6.45) is 1.19. The summed E-state index contributed by atoms with van der Waals surface area (Å²) in [6.45, 7) is 4.30. The topological polar surface area (TPSA) is 64.5 Å². The average molecular weight is 225 g/mol. The Morgan fingerprint density at radius 1 is 1.69 bits per heavy atom. The largest absolute Gasteiger partial charge is 0.377 e. The molecule has 2 rings (SSSR count). The van der Waals surface area contributed by atoms with Crippen molar-refractivity contribution in [3.63, 3.8) is 0 Å². The van der Waals surface area contributed by atoms with E-state index < -0.39 is 0 Å². The van der Waals surface area contributed by atoms with Crippen molar-refractivity contribution in [3.05, 3.63) is 17.5 Å². The van der Waals surface area contributed by atoms with Crippen molar-refractivity contribution in [2.45, 2.75) is 19.6 Å². The first kappa shape index (κ1) is 11.6. The van der Waals surface area contributed by atoms with Crippen LogP contribution in [0.2, 0.25) is 0 Å². The molecule has 1 aromatic rings. The van der Waals surface area contributed by atoms with Gasteiger partial charge >= 0.3 is 0 Å². The van der Waals surface area contributed by atoms with E-state index in [-0.39, 0.29) is 0 Å². The van der Waals surface area contributed by atoms with Crippen LogP contribution in [0.15, 0.2) is 10.6 Å². The average Bonchev–Trinajstić information content (AvgIpc) is 2.89. The lowest BCUT2D eigenvalue weighted by atomic mass is 10.1. The number of nitrogens with two attached hydrogens (primary N) is 1. The Morgan fingerprint density at radius 3 is 3.25 bits per heavy atom. The lowest BCUT2D eigenvalue weighted by Crippen LogP contribution is -2.22. The van der Waals surface area contributed by atoms with Gasteiger partial charge in [-0.25, -0.2) is 0 Å². The van der Waals surface area contributed by atoms with Gasteiger partial charge in [0.25, 0.3) is 0 Å². The Hall–Kier alpha value is -0.910. The highest BCUT2D eigenvalue weighted by molar-refractivity contribution is 5.04. The van der Waals surface area contributed by atoms with Gasteiger partial charge in [0.2, 0.25) is 0 Å². The minimum atomic E-state index is 0.485. The molecule has 1 aliphatic rings. The number of ether oxygens (including phenoxy) is 1. The number of likely N-dealkylation sites (tertiary alicyclic amines) is 1. The van der Waals surface area contributed by atoms with E-state index in [1.807, 2.05) is 6.07 Å². The number of aromatic nitrogens is 1. The number of rotatable bonds is 5. The van der Waals surface area contributed by atoms with Crippen LogP contribution in [0.1, 0.15) is 17.9 Å². The number of nitrogens with zero attached hydrogens (tertiary/aromatic N) is 2. The molecule has 1 atom stereocenters. The monoisotopic (exact) mass is 225 g/mol. The standard InChI is InChI=1S/C11H19N3O2/c1-15-8-11-4-10(13-16-11)7-14-3-2-9(5-12)6-14/h4,9H,2-3,5-8,12H2,1H3. The van der Waals surface area contributed by atoms with Crippen LogP contribution >= 0.6 is 0 Å². The molecule has 5 heteroatoms. The van der Waals surface area contributed by atoms with E-state index in [0.717, 1.165) is 37.6 Å². The minimum absolute atomic E-state index is 0.485. The van der Waals surface area contributed by atoms with Crippen molar-refractivity contribution < 1.29 is 9.26 Å².